The molecule has 10 N–H and O–H groups in total. The highest BCUT2D eigenvalue weighted by Gasteiger charge is 2.34. The number of aliphatic hydroxyl groups is 1. The van der Waals surface area contributed by atoms with Gasteiger partial charge in [0.2, 0.25) is 17.7 Å². The van der Waals surface area contributed by atoms with Crippen molar-refractivity contribution in [2.24, 2.45) is 34.0 Å². The summed E-state index contributed by atoms with van der Waals surface area (Å²) in [6.07, 6.45) is 0.215. The summed E-state index contributed by atoms with van der Waals surface area (Å²) in [4.78, 5) is 56.3. The first-order valence-electron chi connectivity index (χ1n) is 14.4. The molecule has 0 spiro atoms. The van der Waals surface area contributed by atoms with Gasteiger partial charge in [-0.15, -0.1) is 0 Å². The largest absolute Gasteiger partial charge is 0.459 e. The second kappa shape index (κ2) is 20.2. The second-order valence-electron chi connectivity index (χ2n) is 10.9. The first kappa shape index (κ1) is 39.3. The van der Waals surface area contributed by atoms with Crippen LogP contribution in [0.25, 0.3) is 0 Å². The van der Waals surface area contributed by atoms with Gasteiger partial charge < -0.3 is 43.0 Å². The number of esters is 1. The van der Waals surface area contributed by atoms with Gasteiger partial charge >= 0.3 is 5.97 Å². The van der Waals surface area contributed by atoms with Gasteiger partial charge in [-0.2, -0.15) is 0 Å². The van der Waals surface area contributed by atoms with Gasteiger partial charge in [-0.3, -0.25) is 19.4 Å². The molecule has 0 bridgehead atoms. The van der Waals surface area contributed by atoms with Crippen molar-refractivity contribution in [2.45, 2.75) is 105 Å². The number of carbonyl (C=O) groups excluding carboxylic acids is 4. The molecule has 1 aromatic carbocycles. The summed E-state index contributed by atoms with van der Waals surface area (Å²) in [7, 11) is 0. The molecule has 13 nitrogen and oxygen atoms in total. The summed E-state index contributed by atoms with van der Waals surface area (Å²) in [5.74, 6) is -2.88. The molecule has 13 heteroatoms. The van der Waals surface area contributed by atoms with Crippen LogP contribution in [-0.4, -0.2) is 71.6 Å². The van der Waals surface area contributed by atoms with Gasteiger partial charge in [0.05, 0.1) is 12.1 Å². The van der Waals surface area contributed by atoms with E-state index in [1.165, 1.54) is 6.92 Å². The van der Waals surface area contributed by atoms with Crippen molar-refractivity contribution in [2.75, 3.05) is 6.54 Å². The summed E-state index contributed by atoms with van der Waals surface area (Å²) in [6.45, 7) is 9.02. The van der Waals surface area contributed by atoms with Crippen molar-refractivity contribution in [1.29, 1.82) is 0 Å². The molecular weight excluding hydrogens is 554 g/mol. The Kier molecular flexibility index (Phi) is 18.5. The highest BCUT2D eigenvalue weighted by molar-refractivity contribution is 5.94. The molecule has 0 aliphatic carbocycles. The number of carbonyl (C=O) groups is 4. The normalized spacial score (nSPS) is 15.0. The van der Waals surface area contributed by atoms with E-state index in [2.05, 4.69) is 20.9 Å². The Bertz CT molecular complexity index is 1030. The zero-order valence-corrected chi connectivity index (χ0v) is 25.3. The van der Waals surface area contributed by atoms with E-state index in [1.54, 1.807) is 31.2 Å². The average molecular weight is 608 g/mol. The van der Waals surface area contributed by atoms with Crippen LogP contribution in [-0.2, 0) is 30.5 Å². The topological polar surface area (TPSA) is 224 Å². The molecule has 0 aliphatic heterocycles. The number of aliphatic hydroxyl groups excluding tert-OH is 1. The minimum Gasteiger partial charge on any atom is -0.459 e. The number of guanidine groups is 1. The average Bonchev–Trinajstić information content (AvgIpc) is 2.93. The van der Waals surface area contributed by atoms with E-state index in [0.717, 1.165) is 5.56 Å². The maximum atomic E-state index is 13.4. The number of nitrogens with two attached hydrogens (primary N) is 3. The third-order valence-electron chi connectivity index (χ3n) is 6.69. The lowest BCUT2D eigenvalue weighted by molar-refractivity contribution is -0.152. The molecule has 0 unspecified atom stereocenters. The van der Waals surface area contributed by atoms with Gasteiger partial charge in [0, 0.05) is 6.54 Å². The Morgan fingerprint density at radius 2 is 1.53 bits per heavy atom. The van der Waals surface area contributed by atoms with Gasteiger partial charge in [-0.1, -0.05) is 71.9 Å². The second-order valence-corrected chi connectivity index (χ2v) is 10.9. The monoisotopic (exact) mass is 607 g/mol. The molecule has 0 fully saturated rings. The molecule has 0 radical (unpaired) electrons. The highest BCUT2D eigenvalue weighted by atomic mass is 16.5. The summed E-state index contributed by atoms with van der Waals surface area (Å²) in [5, 5.41) is 18.2. The van der Waals surface area contributed by atoms with Crippen LogP contribution >= 0.6 is 0 Å². The minimum absolute atomic E-state index is 0. The number of aliphatic imine (C=N–C) groups is 1. The number of rotatable bonds is 18. The SMILES string of the molecule is C.CC[C@H](C)[C@H](NC(=O)[C@@H](CCCN=C(N)N)NC(=O)[C@@H](N)CC(C)C)C(=O)N[C@H](C(=O)OCc1ccccc1)[C@H](C)O. The fourth-order valence-electron chi connectivity index (χ4n) is 4.06. The molecule has 1 aromatic rings. The molecule has 0 saturated heterocycles. The fourth-order valence-corrected chi connectivity index (χ4v) is 4.06. The molecule has 6 atom stereocenters. The molecule has 1 rings (SSSR count). The predicted octanol–water partition coefficient (Wildman–Crippen LogP) is 0.674. The van der Waals surface area contributed by atoms with E-state index in [4.69, 9.17) is 21.9 Å². The van der Waals surface area contributed by atoms with Crippen molar-refractivity contribution < 1.29 is 29.0 Å². The quantitative estimate of drug-likeness (QED) is 0.0538. The summed E-state index contributed by atoms with van der Waals surface area (Å²) in [5.41, 5.74) is 17.5. The molecule has 43 heavy (non-hydrogen) atoms. The molecular formula is C30H53N7O6. The Morgan fingerprint density at radius 3 is 2.07 bits per heavy atom. The Hall–Kier alpha value is -3.71. The standard InChI is InChI=1S/C29H49N7O6.CH4/c1-6-18(4)23(27(40)36-24(19(5)37)28(41)42-16-20-11-8-7-9-12-20)35-26(39)22(13-10-14-33-29(31)32)34-25(38)21(30)15-17(2)3;/h7-9,11-12,17-19,21-24,37H,6,10,13-16,30H2,1-5H3,(H,34,38)(H,35,39)(H,36,40)(H4,31,32,33);1H4/t18-,19-,21-,22+,23-,24-;/m0./s1. The zero-order valence-electron chi connectivity index (χ0n) is 25.3. The summed E-state index contributed by atoms with van der Waals surface area (Å²) < 4.78 is 5.31. The van der Waals surface area contributed by atoms with Gasteiger partial charge in [0.1, 0.15) is 18.7 Å². The van der Waals surface area contributed by atoms with Crippen LogP contribution < -0.4 is 33.2 Å². The zero-order chi connectivity index (χ0) is 31.8. The molecule has 0 aromatic heterocycles. The smallest absolute Gasteiger partial charge is 0.331 e. The lowest BCUT2D eigenvalue weighted by atomic mass is 9.96. The van der Waals surface area contributed by atoms with Crippen molar-refractivity contribution in [1.82, 2.24) is 16.0 Å². The molecule has 244 valence electrons. The highest BCUT2D eigenvalue weighted by Crippen LogP contribution is 2.12. The number of nitrogens with zero attached hydrogens (tertiary/aromatic N) is 1. The lowest BCUT2D eigenvalue weighted by Gasteiger charge is -2.29. The number of nitrogens with one attached hydrogen (secondary N) is 3. The van der Waals surface area contributed by atoms with Gasteiger partial charge in [-0.05, 0) is 43.6 Å². The van der Waals surface area contributed by atoms with Crippen LogP contribution in [0.4, 0.5) is 0 Å². The van der Waals surface area contributed by atoms with Gasteiger partial charge in [0.25, 0.3) is 0 Å². The number of hydrogen-bond donors (Lipinski definition) is 7. The third-order valence-corrected chi connectivity index (χ3v) is 6.69. The Balaban J connectivity index is 0.0000176. The van der Waals surface area contributed by atoms with Crippen molar-refractivity contribution in [3.8, 4) is 0 Å². The first-order chi connectivity index (χ1) is 19.8. The number of benzene rings is 1. The molecule has 0 saturated carbocycles. The molecule has 3 amide bonds. The Labute approximate surface area is 255 Å². The molecule has 0 heterocycles. The van der Waals surface area contributed by atoms with E-state index in [1.807, 2.05) is 26.8 Å². The van der Waals surface area contributed by atoms with Crippen LogP contribution in [0.15, 0.2) is 35.3 Å². The summed E-state index contributed by atoms with van der Waals surface area (Å²) in [6, 6.07) is 4.69. The van der Waals surface area contributed by atoms with Crippen LogP contribution in [0.3, 0.4) is 0 Å². The van der Waals surface area contributed by atoms with E-state index < -0.39 is 54.0 Å². The predicted molar refractivity (Wildman–Crippen MR) is 167 cm³/mol. The van der Waals surface area contributed by atoms with Crippen molar-refractivity contribution in [3.05, 3.63) is 35.9 Å². The number of ether oxygens (including phenoxy) is 1. The van der Waals surface area contributed by atoms with E-state index in [-0.39, 0.29) is 44.8 Å². The minimum atomic E-state index is -1.37. The fraction of sp³-hybridized carbons (Fsp3) is 0.633. The van der Waals surface area contributed by atoms with E-state index >= 15 is 0 Å². The van der Waals surface area contributed by atoms with Crippen LogP contribution in [0, 0.1) is 11.8 Å². The van der Waals surface area contributed by atoms with E-state index in [9.17, 15) is 24.3 Å². The van der Waals surface area contributed by atoms with Crippen LogP contribution in [0.5, 0.6) is 0 Å². The van der Waals surface area contributed by atoms with Crippen LogP contribution in [0.1, 0.15) is 73.3 Å². The first-order valence-corrected chi connectivity index (χ1v) is 14.4. The van der Waals surface area contributed by atoms with Crippen LogP contribution in [0.2, 0.25) is 0 Å². The maximum Gasteiger partial charge on any atom is 0.331 e. The lowest BCUT2D eigenvalue weighted by Crippen LogP contribution is -2.60. The summed E-state index contributed by atoms with van der Waals surface area (Å²) >= 11 is 0. The Morgan fingerprint density at radius 1 is 0.930 bits per heavy atom. The van der Waals surface area contributed by atoms with Crippen molar-refractivity contribution in [3.63, 3.8) is 0 Å². The third kappa shape index (κ3) is 14.8. The maximum absolute atomic E-state index is 13.4. The van der Waals surface area contributed by atoms with Gasteiger partial charge in [-0.25, -0.2) is 4.79 Å². The van der Waals surface area contributed by atoms with Crippen molar-refractivity contribution >= 4 is 29.7 Å². The number of amides is 3. The van der Waals surface area contributed by atoms with E-state index in [0.29, 0.717) is 19.3 Å². The number of hydrogen-bond acceptors (Lipinski definition) is 8. The van der Waals surface area contributed by atoms with Gasteiger partial charge in [0.15, 0.2) is 12.0 Å². The molecule has 0 aliphatic rings.